The van der Waals surface area contributed by atoms with Crippen LogP contribution in [0.25, 0.3) is 0 Å². The quantitative estimate of drug-likeness (QED) is 0.521. The molecule has 0 unspecified atom stereocenters. The SMILES string of the molecule is CCOCCOCC[C@@H](N)C(=O)O. The highest BCUT2D eigenvalue weighted by atomic mass is 16.5. The van der Waals surface area contributed by atoms with Crippen molar-refractivity contribution >= 4 is 5.97 Å². The molecule has 0 spiro atoms. The fourth-order valence-corrected chi connectivity index (χ4v) is 0.698. The molecule has 0 bridgehead atoms. The van der Waals surface area contributed by atoms with Crippen LogP contribution in [0.15, 0.2) is 0 Å². The predicted octanol–water partition coefficient (Wildman–Crippen LogP) is -0.158. The molecule has 13 heavy (non-hydrogen) atoms. The van der Waals surface area contributed by atoms with Gasteiger partial charge in [-0.25, -0.2) is 0 Å². The lowest BCUT2D eigenvalue weighted by atomic mass is 10.2. The molecular formula is C8H17NO4. The zero-order valence-electron chi connectivity index (χ0n) is 7.86. The van der Waals surface area contributed by atoms with E-state index in [-0.39, 0.29) is 0 Å². The van der Waals surface area contributed by atoms with Gasteiger partial charge in [0.25, 0.3) is 0 Å². The number of hydrogen-bond acceptors (Lipinski definition) is 4. The summed E-state index contributed by atoms with van der Waals surface area (Å²) in [6, 6.07) is -0.827. The van der Waals surface area contributed by atoms with E-state index in [1.807, 2.05) is 6.92 Å². The first kappa shape index (κ1) is 12.3. The lowest BCUT2D eigenvalue weighted by Gasteiger charge is -2.06. The number of ether oxygens (including phenoxy) is 2. The monoisotopic (exact) mass is 191 g/mol. The van der Waals surface area contributed by atoms with Crippen molar-refractivity contribution in [2.75, 3.05) is 26.4 Å². The maximum atomic E-state index is 10.3. The second-order valence-corrected chi connectivity index (χ2v) is 2.54. The first-order chi connectivity index (χ1) is 6.18. The minimum atomic E-state index is -0.992. The van der Waals surface area contributed by atoms with Crippen LogP contribution in [0.2, 0.25) is 0 Å². The van der Waals surface area contributed by atoms with E-state index in [0.29, 0.717) is 32.8 Å². The summed E-state index contributed by atoms with van der Waals surface area (Å²) < 4.78 is 10.1. The van der Waals surface area contributed by atoms with Gasteiger partial charge in [0.15, 0.2) is 0 Å². The highest BCUT2D eigenvalue weighted by molar-refractivity contribution is 5.72. The zero-order chi connectivity index (χ0) is 10.1. The van der Waals surface area contributed by atoms with Crippen LogP contribution < -0.4 is 5.73 Å². The Hall–Kier alpha value is -0.650. The second kappa shape index (κ2) is 7.97. The highest BCUT2D eigenvalue weighted by Crippen LogP contribution is 1.89. The average molecular weight is 191 g/mol. The molecule has 0 fully saturated rings. The van der Waals surface area contributed by atoms with Crippen LogP contribution in [0.5, 0.6) is 0 Å². The van der Waals surface area contributed by atoms with Crippen LogP contribution in [-0.4, -0.2) is 43.5 Å². The van der Waals surface area contributed by atoms with Crippen molar-refractivity contribution < 1.29 is 19.4 Å². The maximum absolute atomic E-state index is 10.3. The smallest absolute Gasteiger partial charge is 0.320 e. The van der Waals surface area contributed by atoms with Crippen molar-refractivity contribution in [2.45, 2.75) is 19.4 Å². The fraction of sp³-hybridized carbons (Fsp3) is 0.875. The molecule has 5 nitrogen and oxygen atoms in total. The van der Waals surface area contributed by atoms with Crippen molar-refractivity contribution in [2.24, 2.45) is 5.73 Å². The van der Waals surface area contributed by atoms with Gasteiger partial charge in [0.05, 0.1) is 13.2 Å². The molecule has 0 aliphatic heterocycles. The van der Waals surface area contributed by atoms with Crippen LogP contribution in [-0.2, 0) is 14.3 Å². The van der Waals surface area contributed by atoms with E-state index in [2.05, 4.69) is 0 Å². The molecule has 5 heteroatoms. The standard InChI is InChI=1S/C8H17NO4/c1-2-12-5-6-13-4-3-7(9)8(10)11/h7H,2-6,9H2,1H3,(H,10,11)/t7-/m1/s1. The van der Waals surface area contributed by atoms with Gasteiger partial charge in [0.2, 0.25) is 0 Å². The van der Waals surface area contributed by atoms with Gasteiger partial charge in [-0.05, 0) is 13.3 Å². The van der Waals surface area contributed by atoms with Gasteiger partial charge in [0, 0.05) is 13.2 Å². The molecule has 1 atom stereocenters. The minimum Gasteiger partial charge on any atom is -0.480 e. The number of carbonyl (C=O) groups is 1. The van der Waals surface area contributed by atoms with Crippen molar-refractivity contribution in [3.8, 4) is 0 Å². The van der Waals surface area contributed by atoms with Gasteiger partial charge < -0.3 is 20.3 Å². The van der Waals surface area contributed by atoms with Gasteiger partial charge >= 0.3 is 5.97 Å². The second-order valence-electron chi connectivity index (χ2n) is 2.54. The van der Waals surface area contributed by atoms with Crippen LogP contribution in [0.1, 0.15) is 13.3 Å². The normalized spacial score (nSPS) is 12.8. The summed E-state index contributed by atoms with van der Waals surface area (Å²) in [5, 5.41) is 8.42. The lowest BCUT2D eigenvalue weighted by molar-refractivity contribution is -0.139. The molecule has 0 amide bonds. The Morgan fingerprint density at radius 3 is 2.54 bits per heavy atom. The molecule has 0 aromatic rings. The van der Waals surface area contributed by atoms with Crippen molar-refractivity contribution in [3.63, 3.8) is 0 Å². The summed E-state index contributed by atoms with van der Waals surface area (Å²) in [6.45, 7) is 3.96. The third-order valence-corrected chi connectivity index (χ3v) is 1.47. The number of aliphatic carboxylic acids is 1. The lowest BCUT2D eigenvalue weighted by Crippen LogP contribution is -2.31. The molecule has 0 saturated carbocycles. The van der Waals surface area contributed by atoms with Gasteiger partial charge in [-0.2, -0.15) is 0 Å². The first-order valence-corrected chi connectivity index (χ1v) is 4.32. The van der Waals surface area contributed by atoms with Crippen molar-refractivity contribution in [3.05, 3.63) is 0 Å². The molecule has 0 aliphatic carbocycles. The van der Waals surface area contributed by atoms with Crippen LogP contribution >= 0.6 is 0 Å². The van der Waals surface area contributed by atoms with Crippen LogP contribution in [0.4, 0.5) is 0 Å². The third-order valence-electron chi connectivity index (χ3n) is 1.47. The number of carboxylic acids is 1. The Morgan fingerprint density at radius 1 is 1.38 bits per heavy atom. The zero-order valence-corrected chi connectivity index (χ0v) is 7.86. The Balaban J connectivity index is 3.11. The molecule has 0 saturated heterocycles. The molecule has 0 aromatic heterocycles. The van der Waals surface area contributed by atoms with E-state index in [4.69, 9.17) is 20.3 Å². The number of hydrogen-bond donors (Lipinski definition) is 2. The molecule has 0 heterocycles. The number of carboxylic acid groups (broad SMARTS) is 1. The van der Waals surface area contributed by atoms with Gasteiger partial charge in [-0.15, -0.1) is 0 Å². The Morgan fingerprint density at radius 2 is 2.00 bits per heavy atom. The summed E-state index contributed by atoms with van der Waals surface area (Å²) in [4.78, 5) is 10.3. The van der Waals surface area contributed by atoms with Gasteiger partial charge in [-0.3, -0.25) is 4.79 Å². The Bertz CT molecular complexity index is 140. The highest BCUT2D eigenvalue weighted by Gasteiger charge is 2.09. The molecule has 0 aromatic carbocycles. The van der Waals surface area contributed by atoms with Crippen LogP contribution in [0.3, 0.4) is 0 Å². The molecule has 0 rings (SSSR count). The van der Waals surface area contributed by atoms with Crippen LogP contribution in [0, 0.1) is 0 Å². The molecule has 0 radical (unpaired) electrons. The Kier molecular flexibility index (Phi) is 7.57. The van der Waals surface area contributed by atoms with Gasteiger partial charge in [0.1, 0.15) is 6.04 Å². The van der Waals surface area contributed by atoms with E-state index in [1.165, 1.54) is 0 Å². The average Bonchev–Trinajstić information content (AvgIpc) is 2.10. The van der Waals surface area contributed by atoms with E-state index < -0.39 is 12.0 Å². The van der Waals surface area contributed by atoms with E-state index in [9.17, 15) is 4.79 Å². The Labute approximate surface area is 77.8 Å². The molecule has 3 N–H and O–H groups in total. The predicted molar refractivity (Wildman–Crippen MR) is 47.5 cm³/mol. The topological polar surface area (TPSA) is 81.8 Å². The number of rotatable bonds is 8. The van der Waals surface area contributed by atoms with E-state index in [0.717, 1.165) is 0 Å². The first-order valence-electron chi connectivity index (χ1n) is 4.32. The third kappa shape index (κ3) is 7.70. The van der Waals surface area contributed by atoms with Crippen molar-refractivity contribution in [1.82, 2.24) is 0 Å². The van der Waals surface area contributed by atoms with E-state index >= 15 is 0 Å². The summed E-state index contributed by atoms with van der Waals surface area (Å²) in [7, 11) is 0. The van der Waals surface area contributed by atoms with E-state index in [1.54, 1.807) is 0 Å². The summed E-state index contributed by atoms with van der Waals surface area (Å²) in [6.07, 6.45) is 0.335. The number of nitrogens with two attached hydrogens (primary N) is 1. The summed E-state index contributed by atoms with van der Waals surface area (Å²) in [5.74, 6) is -0.992. The molecular weight excluding hydrogens is 174 g/mol. The minimum absolute atomic E-state index is 0.335. The summed E-state index contributed by atoms with van der Waals surface area (Å²) >= 11 is 0. The fourth-order valence-electron chi connectivity index (χ4n) is 0.698. The molecule has 78 valence electrons. The largest absolute Gasteiger partial charge is 0.480 e. The van der Waals surface area contributed by atoms with Gasteiger partial charge in [-0.1, -0.05) is 0 Å². The molecule has 0 aliphatic rings. The maximum Gasteiger partial charge on any atom is 0.320 e. The summed E-state index contributed by atoms with van der Waals surface area (Å²) in [5.41, 5.74) is 5.25. The van der Waals surface area contributed by atoms with Crippen molar-refractivity contribution in [1.29, 1.82) is 0 Å².